The maximum absolute atomic E-state index is 11.0. The Morgan fingerprint density at radius 1 is 1.69 bits per heavy atom. The van der Waals surface area contributed by atoms with E-state index in [1.54, 1.807) is 0 Å². The maximum Gasteiger partial charge on any atom is 0.309 e. The third-order valence-corrected chi connectivity index (χ3v) is 2.87. The monoisotopic (exact) mass is 182 g/mol. The molecule has 0 spiro atoms. The van der Waals surface area contributed by atoms with Crippen LogP contribution in [-0.2, 0) is 4.79 Å². The number of carboxylic acids is 1. The average molecular weight is 182 g/mol. The van der Waals surface area contributed by atoms with Crippen LogP contribution in [0.4, 0.5) is 0 Å². The van der Waals surface area contributed by atoms with Gasteiger partial charge in [0.2, 0.25) is 0 Å². The van der Waals surface area contributed by atoms with Crippen molar-refractivity contribution in [2.45, 2.75) is 39.5 Å². The molecule has 1 rings (SSSR count). The Bertz CT molecular complexity index is 220. The van der Waals surface area contributed by atoms with Crippen LogP contribution in [0.1, 0.15) is 39.5 Å². The second-order valence-corrected chi connectivity index (χ2v) is 4.25. The lowest BCUT2D eigenvalue weighted by Gasteiger charge is -2.30. The van der Waals surface area contributed by atoms with Crippen molar-refractivity contribution >= 4 is 5.97 Å². The summed E-state index contributed by atoms with van der Waals surface area (Å²) in [5, 5.41) is 9.05. The Hall–Kier alpha value is -0.790. The summed E-state index contributed by atoms with van der Waals surface area (Å²) >= 11 is 0. The van der Waals surface area contributed by atoms with E-state index in [9.17, 15) is 4.79 Å². The smallest absolute Gasteiger partial charge is 0.309 e. The number of hydrogen-bond donors (Lipinski definition) is 1. The van der Waals surface area contributed by atoms with Gasteiger partial charge in [-0.05, 0) is 32.1 Å². The molecule has 1 aliphatic rings. The highest BCUT2D eigenvalue weighted by molar-refractivity contribution is 5.74. The molecule has 1 aliphatic carbocycles. The molecule has 0 aliphatic heterocycles. The Kier molecular flexibility index (Phi) is 3.12. The van der Waals surface area contributed by atoms with Gasteiger partial charge in [0.05, 0.1) is 5.41 Å². The average Bonchev–Trinajstić information content (AvgIpc) is 2.04. The Balaban J connectivity index is 2.64. The van der Waals surface area contributed by atoms with Crippen LogP contribution in [-0.4, -0.2) is 11.1 Å². The summed E-state index contributed by atoms with van der Waals surface area (Å²) in [4.78, 5) is 11.0. The first-order chi connectivity index (χ1) is 6.08. The van der Waals surface area contributed by atoms with Crippen molar-refractivity contribution in [3.05, 3.63) is 12.2 Å². The number of carboxylic acid groups (broad SMARTS) is 1. The Morgan fingerprint density at radius 2 is 2.38 bits per heavy atom. The molecule has 0 fully saturated rings. The van der Waals surface area contributed by atoms with Gasteiger partial charge in [-0.3, -0.25) is 4.79 Å². The highest BCUT2D eigenvalue weighted by atomic mass is 16.4. The van der Waals surface area contributed by atoms with E-state index >= 15 is 0 Å². The third-order valence-electron chi connectivity index (χ3n) is 2.87. The predicted molar refractivity (Wildman–Crippen MR) is 52.5 cm³/mol. The van der Waals surface area contributed by atoms with Crippen LogP contribution in [0, 0.1) is 11.3 Å². The summed E-state index contributed by atoms with van der Waals surface area (Å²) in [6, 6.07) is 0. The number of aliphatic carboxylic acids is 1. The van der Waals surface area contributed by atoms with E-state index in [0.717, 1.165) is 19.3 Å². The van der Waals surface area contributed by atoms with Crippen molar-refractivity contribution < 1.29 is 9.90 Å². The lowest BCUT2D eigenvalue weighted by molar-refractivity contribution is -0.149. The third kappa shape index (κ3) is 2.33. The molecule has 0 aromatic rings. The number of rotatable bonds is 3. The molecule has 74 valence electrons. The van der Waals surface area contributed by atoms with Crippen LogP contribution in [0.2, 0.25) is 0 Å². The molecular weight excluding hydrogens is 164 g/mol. The second-order valence-electron chi connectivity index (χ2n) is 4.25. The lowest BCUT2D eigenvalue weighted by atomic mass is 9.73. The maximum atomic E-state index is 11.0. The van der Waals surface area contributed by atoms with Gasteiger partial charge in [-0.25, -0.2) is 0 Å². The first-order valence-electron chi connectivity index (χ1n) is 4.98. The van der Waals surface area contributed by atoms with Gasteiger partial charge in [-0.1, -0.05) is 25.5 Å². The quantitative estimate of drug-likeness (QED) is 0.681. The van der Waals surface area contributed by atoms with Crippen molar-refractivity contribution in [3.8, 4) is 0 Å². The zero-order chi connectivity index (χ0) is 9.90. The van der Waals surface area contributed by atoms with Crippen LogP contribution in [0.25, 0.3) is 0 Å². The zero-order valence-electron chi connectivity index (χ0n) is 8.42. The molecule has 0 saturated carbocycles. The summed E-state index contributed by atoms with van der Waals surface area (Å²) < 4.78 is 0. The molecule has 0 saturated heterocycles. The van der Waals surface area contributed by atoms with Crippen LogP contribution in [0.3, 0.4) is 0 Å². The van der Waals surface area contributed by atoms with Crippen molar-refractivity contribution in [3.63, 3.8) is 0 Å². The summed E-state index contributed by atoms with van der Waals surface area (Å²) in [5.74, 6) is -0.183. The molecule has 13 heavy (non-hydrogen) atoms. The Morgan fingerprint density at radius 3 is 2.92 bits per heavy atom. The van der Waals surface area contributed by atoms with Crippen molar-refractivity contribution in [2.24, 2.45) is 11.3 Å². The van der Waals surface area contributed by atoms with Crippen molar-refractivity contribution in [2.75, 3.05) is 0 Å². The standard InChI is InChI=1S/C11H18O2/c1-3-5-9-6-4-7-11(2,8-9)10(12)13/h4,6,9H,3,5,7-8H2,1-2H3,(H,12,13). The van der Waals surface area contributed by atoms with Crippen LogP contribution in [0.5, 0.6) is 0 Å². The SMILES string of the molecule is CCCC1C=CCC(C)(C(=O)O)C1. The molecule has 2 atom stereocenters. The number of hydrogen-bond acceptors (Lipinski definition) is 1. The molecule has 0 heterocycles. The molecular formula is C11H18O2. The normalized spacial score (nSPS) is 33.2. The first kappa shape index (κ1) is 10.3. The fraction of sp³-hybridized carbons (Fsp3) is 0.727. The van der Waals surface area contributed by atoms with Gasteiger partial charge in [-0.15, -0.1) is 0 Å². The minimum atomic E-state index is -0.655. The molecule has 2 unspecified atom stereocenters. The van der Waals surface area contributed by atoms with Crippen LogP contribution >= 0.6 is 0 Å². The van der Waals surface area contributed by atoms with Crippen molar-refractivity contribution in [1.29, 1.82) is 0 Å². The van der Waals surface area contributed by atoms with Gasteiger partial charge < -0.3 is 5.11 Å². The van der Waals surface area contributed by atoms with Crippen LogP contribution < -0.4 is 0 Å². The van der Waals surface area contributed by atoms with Crippen LogP contribution in [0.15, 0.2) is 12.2 Å². The molecule has 0 amide bonds. The molecule has 0 aromatic heterocycles. The molecule has 0 bridgehead atoms. The highest BCUT2D eigenvalue weighted by Crippen LogP contribution is 2.37. The molecule has 0 radical (unpaired) electrons. The molecule has 2 heteroatoms. The Labute approximate surface area is 79.6 Å². The summed E-state index contributed by atoms with van der Waals surface area (Å²) in [6.45, 7) is 3.99. The van der Waals surface area contributed by atoms with Gasteiger partial charge >= 0.3 is 5.97 Å². The van der Waals surface area contributed by atoms with Gasteiger partial charge in [0, 0.05) is 0 Å². The zero-order valence-corrected chi connectivity index (χ0v) is 8.42. The van der Waals surface area contributed by atoms with Gasteiger partial charge in [0.1, 0.15) is 0 Å². The second kappa shape index (κ2) is 3.95. The molecule has 2 nitrogen and oxygen atoms in total. The topological polar surface area (TPSA) is 37.3 Å². The fourth-order valence-corrected chi connectivity index (χ4v) is 1.99. The minimum Gasteiger partial charge on any atom is -0.481 e. The van der Waals surface area contributed by atoms with E-state index in [1.807, 2.05) is 13.0 Å². The highest BCUT2D eigenvalue weighted by Gasteiger charge is 2.35. The van der Waals surface area contributed by atoms with Crippen molar-refractivity contribution in [1.82, 2.24) is 0 Å². The van der Waals surface area contributed by atoms with E-state index in [-0.39, 0.29) is 0 Å². The summed E-state index contributed by atoms with van der Waals surface area (Å²) in [7, 11) is 0. The van der Waals surface area contributed by atoms with E-state index < -0.39 is 11.4 Å². The largest absolute Gasteiger partial charge is 0.481 e. The van der Waals surface area contributed by atoms with E-state index in [2.05, 4.69) is 13.0 Å². The predicted octanol–water partition coefficient (Wildman–Crippen LogP) is 2.84. The van der Waals surface area contributed by atoms with E-state index in [4.69, 9.17) is 5.11 Å². The summed E-state index contributed by atoms with van der Waals surface area (Å²) in [6.07, 6.45) is 7.92. The fourth-order valence-electron chi connectivity index (χ4n) is 1.99. The number of allylic oxidation sites excluding steroid dienone is 2. The van der Waals surface area contributed by atoms with Gasteiger partial charge in [0.15, 0.2) is 0 Å². The first-order valence-corrected chi connectivity index (χ1v) is 4.98. The minimum absolute atomic E-state index is 0.472. The van der Waals surface area contributed by atoms with Gasteiger partial charge in [0.25, 0.3) is 0 Å². The van der Waals surface area contributed by atoms with E-state index in [0.29, 0.717) is 12.3 Å². The number of carbonyl (C=O) groups is 1. The summed E-state index contributed by atoms with van der Waals surface area (Å²) in [5.41, 5.74) is -0.519. The van der Waals surface area contributed by atoms with Gasteiger partial charge in [-0.2, -0.15) is 0 Å². The molecule has 1 N–H and O–H groups in total. The molecule has 0 aromatic carbocycles. The lowest BCUT2D eigenvalue weighted by Crippen LogP contribution is -2.31. The van der Waals surface area contributed by atoms with E-state index in [1.165, 1.54) is 0 Å².